The molecule has 3 rings (SSSR count). The maximum absolute atomic E-state index is 13.6. The number of hydrogen-bond acceptors (Lipinski definition) is 3. The van der Waals surface area contributed by atoms with Crippen molar-refractivity contribution in [3.05, 3.63) is 59.9 Å². The van der Waals surface area contributed by atoms with Crippen LogP contribution >= 0.6 is 0 Å². The van der Waals surface area contributed by atoms with Gasteiger partial charge in [-0.15, -0.1) is 0 Å². The monoisotopic (exact) mass is 356 g/mol. The van der Waals surface area contributed by atoms with Crippen LogP contribution in [0.5, 0.6) is 5.75 Å². The van der Waals surface area contributed by atoms with Crippen LogP contribution in [0.25, 0.3) is 0 Å². The van der Waals surface area contributed by atoms with Gasteiger partial charge in [0.15, 0.2) is 0 Å². The van der Waals surface area contributed by atoms with Crippen molar-refractivity contribution in [3.63, 3.8) is 0 Å². The molecule has 0 aromatic heterocycles. The number of carbonyl (C=O) groups is 1. The van der Waals surface area contributed by atoms with E-state index in [-0.39, 0.29) is 18.3 Å². The number of nitrogens with one attached hydrogen (secondary N) is 2. The lowest BCUT2D eigenvalue weighted by atomic mass is 10.2. The van der Waals surface area contributed by atoms with Gasteiger partial charge in [-0.05, 0) is 62.9 Å². The van der Waals surface area contributed by atoms with Gasteiger partial charge >= 0.3 is 0 Å². The zero-order valence-electron chi connectivity index (χ0n) is 15.0. The van der Waals surface area contributed by atoms with Gasteiger partial charge < -0.3 is 15.4 Å². The molecule has 1 atom stereocenters. The molecule has 138 valence electrons. The summed E-state index contributed by atoms with van der Waals surface area (Å²) in [5.41, 5.74) is 1.32. The van der Waals surface area contributed by atoms with E-state index in [0.29, 0.717) is 11.7 Å². The van der Waals surface area contributed by atoms with Crippen molar-refractivity contribution in [1.29, 1.82) is 0 Å². The summed E-state index contributed by atoms with van der Waals surface area (Å²) >= 11 is 0. The summed E-state index contributed by atoms with van der Waals surface area (Å²) < 4.78 is 19.5. The smallest absolute Gasteiger partial charge is 0.242 e. The largest absolute Gasteiger partial charge is 0.490 e. The summed E-state index contributed by atoms with van der Waals surface area (Å²) in [6, 6.07) is 13.7. The number of halogens is 1. The summed E-state index contributed by atoms with van der Waals surface area (Å²) in [4.78, 5) is 12.2. The molecule has 2 N–H and O–H groups in total. The summed E-state index contributed by atoms with van der Waals surface area (Å²) in [5, 5.41) is 5.91. The topological polar surface area (TPSA) is 50.4 Å². The Morgan fingerprint density at radius 3 is 2.54 bits per heavy atom. The third-order valence-corrected chi connectivity index (χ3v) is 4.65. The molecule has 0 heterocycles. The fraction of sp³-hybridized carbons (Fsp3) is 0.381. The van der Waals surface area contributed by atoms with Crippen molar-refractivity contribution in [2.75, 3.05) is 5.32 Å². The van der Waals surface area contributed by atoms with E-state index in [9.17, 15) is 9.18 Å². The summed E-state index contributed by atoms with van der Waals surface area (Å²) in [7, 11) is 0. The van der Waals surface area contributed by atoms with Crippen LogP contribution in [-0.2, 0) is 11.3 Å². The van der Waals surface area contributed by atoms with Gasteiger partial charge in [-0.3, -0.25) is 4.79 Å². The van der Waals surface area contributed by atoms with Gasteiger partial charge in [-0.2, -0.15) is 0 Å². The van der Waals surface area contributed by atoms with Gasteiger partial charge in [0.05, 0.1) is 6.10 Å². The van der Waals surface area contributed by atoms with E-state index in [2.05, 4.69) is 10.6 Å². The molecule has 5 heteroatoms. The van der Waals surface area contributed by atoms with Gasteiger partial charge in [0.25, 0.3) is 0 Å². The molecule has 2 aromatic carbocycles. The van der Waals surface area contributed by atoms with E-state index in [1.54, 1.807) is 25.1 Å². The standard InChI is InChI=1S/C21H25FN2O2/c1-15(21(25)23-14-16-6-2-5-9-20(16)22)24-17-10-12-19(13-11-17)26-18-7-3-4-8-18/h2,5-6,9-13,15,18,24H,3-4,7-8,14H2,1H3,(H,23,25). The lowest BCUT2D eigenvalue weighted by molar-refractivity contribution is -0.121. The average molecular weight is 356 g/mol. The van der Waals surface area contributed by atoms with Gasteiger partial charge in [0.1, 0.15) is 17.6 Å². The lowest BCUT2D eigenvalue weighted by Crippen LogP contribution is -2.37. The molecule has 1 aliphatic carbocycles. The molecule has 0 aliphatic heterocycles. The minimum atomic E-state index is -0.427. The second-order valence-electron chi connectivity index (χ2n) is 6.72. The third-order valence-electron chi connectivity index (χ3n) is 4.65. The quantitative estimate of drug-likeness (QED) is 0.779. The van der Waals surface area contributed by atoms with E-state index < -0.39 is 6.04 Å². The molecule has 1 fully saturated rings. The highest BCUT2D eigenvalue weighted by Crippen LogP contribution is 2.25. The number of ether oxygens (including phenoxy) is 1. The van der Waals surface area contributed by atoms with Crippen LogP contribution in [0.4, 0.5) is 10.1 Å². The Kier molecular flexibility index (Phi) is 6.10. The Morgan fingerprint density at radius 1 is 1.15 bits per heavy atom. The van der Waals surface area contributed by atoms with Crippen molar-refractivity contribution in [3.8, 4) is 5.75 Å². The maximum atomic E-state index is 13.6. The van der Waals surface area contributed by atoms with Crippen molar-refractivity contribution in [2.24, 2.45) is 0 Å². The SMILES string of the molecule is CC(Nc1ccc(OC2CCCC2)cc1)C(=O)NCc1ccccc1F. The molecule has 4 nitrogen and oxygen atoms in total. The van der Waals surface area contributed by atoms with Crippen LogP contribution in [-0.4, -0.2) is 18.1 Å². The number of carbonyl (C=O) groups excluding carboxylic acids is 1. The molecule has 0 spiro atoms. The fourth-order valence-corrected chi connectivity index (χ4v) is 3.12. The highest BCUT2D eigenvalue weighted by atomic mass is 19.1. The maximum Gasteiger partial charge on any atom is 0.242 e. The normalized spacial score (nSPS) is 15.5. The summed E-state index contributed by atoms with van der Waals surface area (Å²) in [6.45, 7) is 1.95. The van der Waals surface area contributed by atoms with E-state index >= 15 is 0 Å². The number of benzene rings is 2. The minimum absolute atomic E-state index is 0.172. The predicted octanol–water partition coefficient (Wildman–Crippen LogP) is 4.26. The van der Waals surface area contributed by atoms with Gasteiger partial charge in [0.2, 0.25) is 5.91 Å². The fourth-order valence-electron chi connectivity index (χ4n) is 3.12. The number of rotatable bonds is 7. The van der Waals surface area contributed by atoms with Crippen molar-refractivity contribution in [2.45, 2.75) is 51.3 Å². The van der Waals surface area contributed by atoms with E-state index in [0.717, 1.165) is 24.3 Å². The molecule has 0 bridgehead atoms. The Hall–Kier alpha value is -2.56. The van der Waals surface area contributed by atoms with E-state index in [1.807, 2.05) is 24.3 Å². The highest BCUT2D eigenvalue weighted by molar-refractivity contribution is 5.84. The van der Waals surface area contributed by atoms with Crippen LogP contribution in [0.15, 0.2) is 48.5 Å². The Balaban J connectivity index is 1.48. The van der Waals surface area contributed by atoms with Gasteiger partial charge in [-0.25, -0.2) is 4.39 Å². The first-order valence-corrected chi connectivity index (χ1v) is 9.16. The Bertz CT molecular complexity index is 727. The molecule has 1 aliphatic rings. The summed E-state index contributed by atoms with van der Waals surface area (Å²) in [5.74, 6) is 0.366. The van der Waals surface area contributed by atoms with Gasteiger partial charge in [-0.1, -0.05) is 18.2 Å². The van der Waals surface area contributed by atoms with Crippen molar-refractivity contribution < 1.29 is 13.9 Å². The second kappa shape index (κ2) is 8.70. The van der Waals surface area contributed by atoms with Crippen LogP contribution in [0.1, 0.15) is 38.2 Å². The number of hydrogen-bond donors (Lipinski definition) is 2. The van der Waals surface area contributed by atoms with Crippen LogP contribution in [0.3, 0.4) is 0 Å². The molecule has 1 saturated carbocycles. The van der Waals surface area contributed by atoms with E-state index in [1.165, 1.54) is 18.9 Å². The van der Waals surface area contributed by atoms with Crippen LogP contribution in [0, 0.1) is 5.82 Å². The first-order valence-electron chi connectivity index (χ1n) is 9.16. The Morgan fingerprint density at radius 2 is 1.85 bits per heavy atom. The van der Waals surface area contributed by atoms with Crippen molar-refractivity contribution in [1.82, 2.24) is 5.32 Å². The molecule has 1 amide bonds. The molecule has 0 radical (unpaired) electrons. The third kappa shape index (κ3) is 4.97. The molecule has 26 heavy (non-hydrogen) atoms. The zero-order valence-corrected chi connectivity index (χ0v) is 15.0. The number of anilines is 1. The molecule has 0 saturated heterocycles. The Labute approximate surface area is 153 Å². The molecule has 1 unspecified atom stereocenters. The predicted molar refractivity (Wildman–Crippen MR) is 101 cm³/mol. The summed E-state index contributed by atoms with van der Waals surface area (Å²) in [6.07, 6.45) is 5.06. The molecular weight excluding hydrogens is 331 g/mol. The lowest BCUT2D eigenvalue weighted by Gasteiger charge is -2.17. The zero-order chi connectivity index (χ0) is 18.4. The van der Waals surface area contributed by atoms with Crippen molar-refractivity contribution >= 4 is 11.6 Å². The number of amides is 1. The average Bonchev–Trinajstić information content (AvgIpc) is 3.15. The first-order chi connectivity index (χ1) is 12.6. The second-order valence-corrected chi connectivity index (χ2v) is 6.72. The van der Waals surface area contributed by atoms with Crippen LogP contribution in [0.2, 0.25) is 0 Å². The highest BCUT2D eigenvalue weighted by Gasteiger charge is 2.17. The molecule has 2 aromatic rings. The van der Waals surface area contributed by atoms with Crippen LogP contribution < -0.4 is 15.4 Å². The minimum Gasteiger partial charge on any atom is -0.490 e. The molecular formula is C21H25FN2O2. The van der Waals surface area contributed by atoms with Gasteiger partial charge in [0, 0.05) is 17.8 Å². The first kappa shape index (κ1) is 18.2. The van der Waals surface area contributed by atoms with E-state index in [4.69, 9.17) is 4.74 Å².